The average Bonchev–Trinajstić information content (AvgIpc) is 3.41. The van der Waals surface area contributed by atoms with Gasteiger partial charge in [-0.1, -0.05) is 43.0 Å². The second kappa shape index (κ2) is 13.3. The summed E-state index contributed by atoms with van der Waals surface area (Å²) in [4.78, 5) is 16.9. The van der Waals surface area contributed by atoms with Crippen molar-refractivity contribution in [1.29, 1.82) is 0 Å². The maximum Gasteiger partial charge on any atom is 0.412 e. The zero-order valence-electron chi connectivity index (χ0n) is 21.5. The van der Waals surface area contributed by atoms with Gasteiger partial charge in [0.2, 0.25) is 0 Å². The van der Waals surface area contributed by atoms with Crippen molar-refractivity contribution in [2.45, 2.75) is 58.1 Å². The van der Waals surface area contributed by atoms with E-state index in [1.54, 1.807) is 25.4 Å². The number of hydrogen-bond acceptors (Lipinski definition) is 6. The van der Waals surface area contributed by atoms with Gasteiger partial charge >= 0.3 is 6.09 Å². The zero-order chi connectivity index (χ0) is 27.1. The number of carbonyl (C=O) groups excluding carboxylic acids is 1. The topological polar surface area (TPSA) is 90.3 Å². The predicted molar refractivity (Wildman–Crippen MR) is 147 cm³/mol. The van der Waals surface area contributed by atoms with Gasteiger partial charge in [-0.15, -0.1) is 0 Å². The molecular weight excluding hydrogens is 532 g/mol. The van der Waals surface area contributed by atoms with Crippen LogP contribution in [0.25, 0.3) is 11.1 Å². The monoisotopic (exact) mass is 563 g/mol. The quantitative estimate of drug-likeness (QED) is 0.200. The summed E-state index contributed by atoms with van der Waals surface area (Å²) in [7, 11) is 0. The standard InChI is InChI=1S/C27H32Cl2FN5O3/c1-3-4-5-12-37-27(36)34-26-23(38-17(2)24-21(28)6-7-22(30)25(24)29)13-18(14-32-26)19-15-33-35(16-19)20-8-10-31-11-9-20/h6-7,13-17,20,31H,3-5,8-12H2,1-2H3,(H,32,34,36)/t17-/m1/s1. The molecule has 1 aliphatic heterocycles. The number of ether oxygens (including phenoxy) is 2. The molecule has 1 atom stereocenters. The number of nitrogens with zero attached hydrogens (tertiary/aromatic N) is 3. The fraction of sp³-hybridized carbons (Fsp3) is 0.444. The molecule has 3 aromatic rings. The van der Waals surface area contributed by atoms with E-state index in [1.807, 2.05) is 10.9 Å². The lowest BCUT2D eigenvalue weighted by atomic mass is 10.1. The lowest BCUT2D eigenvalue weighted by Crippen LogP contribution is -2.29. The van der Waals surface area contributed by atoms with E-state index >= 15 is 0 Å². The number of piperidine rings is 1. The lowest BCUT2D eigenvalue weighted by Gasteiger charge is -2.22. The second-order valence-electron chi connectivity index (χ2n) is 9.25. The fourth-order valence-corrected chi connectivity index (χ4v) is 5.04. The molecular formula is C27H32Cl2FN5O3. The van der Waals surface area contributed by atoms with Crippen LogP contribution in [0.5, 0.6) is 5.75 Å². The smallest absolute Gasteiger partial charge is 0.412 e. The van der Waals surface area contributed by atoms with Gasteiger partial charge in [-0.2, -0.15) is 5.10 Å². The normalized spacial score (nSPS) is 14.8. The van der Waals surface area contributed by atoms with Crippen LogP contribution in [0.1, 0.15) is 63.7 Å². The van der Waals surface area contributed by atoms with Crippen LogP contribution in [0, 0.1) is 5.82 Å². The Morgan fingerprint density at radius 2 is 2.03 bits per heavy atom. The number of halogens is 3. The summed E-state index contributed by atoms with van der Waals surface area (Å²) in [5.41, 5.74) is 1.89. The molecule has 8 nitrogen and oxygen atoms in total. The highest BCUT2D eigenvalue weighted by Gasteiger charge is 2.22. The van der Waals surface area contributed by atoms with Crippen LogP contribution in [-0.2, 0) is 4.74 Å². The average molecular weight is 564 g/mol. The molecule has 1 aliphatic rings. The molecule has 0 spiro atoms. The van der Waals surface area contributed by atoms with Crippen LogP contribution in [0.3, 0.4) is 0 Å². The van der Waals surface area contributed by atoms with Crippen LogP contribution < -0.4 is 15.4 Å². The van der Waals surface area contributed by atoms with Crippen LogP contribution >= 0.6 is 23.2 Å². The van der Waals surface area contributed by atoms with Crippen molar-refractivity contribution in [3.05, 3.63) is 58.2 Å². The van der Waals surface area contributed by atoms with Crippen molar-refractivity contribution in [2.24, 2.45) is 0 Å². The maximum absolute atomic E-state index is 14.2. The van der Waals surface area contributed by atoms with E-state index in [-0.39, 0.29) is 21.6 Å². The SMILES string of the molecule is CCCCCOC(=O)Nc1ncc(-c2cnn(C3CCNCC3)c2)cc1O[C@H](C)c1c(Cl)ccc(F)c1Cl. The minimum atomic E-state index is -0.749. The molecule has 0 saturated carbocycles. The molecule has 1 amide bonds. The highest BCUT2D eigenvalue weighted by atomic mass is 35.5. The predicted octanol–water partition coefficient (Wildman–Crippen LogP) is 7.19. The van der Waals surface area contributed by atoms with Gasteiger partial charge in [-0.3, -0.25) is 10.00 Å². The number of nitrogens with one attached hydrogen (secondary N) is 2. The summed E-state index contributed by atoms with van der Waals surface area (Å²) in [5.74, 6) is -0.185. The number of amides is 1. The summed E-state index contributed by atoms with van der Waals surface area (Å²) in [6, 6.07) is 4.70. The van der Waals surface area contributed by atoms with Crippen molar-refractivity contribution in [2.75, 3.05) is 25.0 Å². The van der Waals surface area contributed by atoms with Gasteiger partial charge in [-0.25, -0.2) is 14.2 Å². The number of unbranched alkanes of at least 4 members (excludes halogenated alkanes) is 2. The van der Waals surface area contributed by atoms with Crippen molar-refractivity contribution in [3.63, 3.8) is 0 Å². The van der Waals surface area contributed by atoms with E-state index in [9.17, 15) is 9.18 Å². The molecule has 38 heavy (non-hydrogen) atoms. The first-order valence-corrected chi connectivity index (χ1v) is 13.6. The molecule has 0 aliphatic carbocycles. The Bertz CT molecular complexity index is 1250. The van der Waals surface area contributed by atoms with Crippen LogP contribution in [0.15, 0.2) is 36.8 Å². The molecule has 1 aromatic carbocycles. The Hall–Kier alpha value is -2.88. The second-order valence-corrected chi connectivity index (χ2v) is 10.0. The van der Waals surface area contributed by atoms with Gasteiger partial charge in [0.25, 0.3) is 0 Å². The Kier molecular flexibility index (Phi) is 9.82. The maximum atomic E-state index is 14.2. The third-order valence-corrected chi connectivity index (χ3v) is 7.18. The number of aromatic nitrogens is 3. The molecule has 0 bridgehead atoms. The molecule has 2 N–H and O–H groups in total. The largest absolute Gasteiger partial charge is 0.482 e. The van der Waals surface area contributed by atoms with E-state index in [1.165, 1.54) is 12.1 Å². The van der Waals surface area contributed by atoms with Crippen LogP contribution in [0.4, 0.5) is 15.0 Å². The molecule has 204 valence electrons. The van der Waals surface area contributed by atoms with Gasteiger partial charge in [0, 0.05) is 34.1 Å². The molecule has 1 saturated heterocycles. The molecule has 4 rings (SSSR count). The van der Waals surface area contributed by atoms with Gasteiger partial charge < -0.3 is 14.8 Å². The van der Waals surface area contributed by atoms with E-state index in [4.69, 9.17) is 32.7 Å². The first-order valence-electron chi connectivity index (χ1n) is 12.9. The fourth-order valence-electron chi connectivity index (χ4n) is 4.36. The van der Waals surface area contributed by atoms with Crippen LogP contribution in [0.2, 0.25) is 10.0 Å². The number of rotatable bonds is 10. The van der Waals surface area contributed by atoms with Crippen molar-refractivity contribution >= 4 is 35.1 Å². The highest BCUT2D eigenvalue weighted by molar-refractivity contribution is 6.36. The molecule has 2 aromatic heterocycles. The summed E-state index contributed by atoms with van der Waals surface area (Å²) in [6.45, 7) is 5.98. The Balaban J connectivity index is 1.60. The minimum Gasteiger partial charge on any atom is -0.482 e. The third-order valence-electron chi connectivity index (χ3n) is 6.46. The minimum absolute atomic E-state index is 0.123. The lowest BCUT2D eigenvalue weighted by molar-refractivity contribution is 0.158. The number of anilines is 1. The first kappa shape index (κ1) is 28.1. The first-order chi connectivity index (χ1) is 18.4. The number of benzene rings is 1. The van der Waals surface area contributed by atoms with Gasteiger partial charge in [0.05, 0.1) is 23.9 Å². The Labute approximate surface area is 231 Å². The van der Waals surface area contributed by atoms with Crippen molar-refractivity contribution < 1.29 is 18.7 Å². The number of hydrogen-bond donors (Lipinski definition) is 2. The van der Waals surface area contributed by atoms with E-state index < -0.39 is 18.0 Å². The van der Waals surface area contributed by atoms with Gasteiger partial charge in [-0.05, 0) is 57.5 Å². The van der Waals surface area contributed by atoms with Gasteiger partial charge in [0.1, 0.15) is 11.9 Å². The van der Waals surface area contributed by atoms with Crippen molar-refractivity contribution in [1.82, 2.24) is 20.1 Å². The summed E-state index contributed by atoms with van der Waals surface area (Å²) < 4.78 is 27.6. The zero-order valence-corrected chi connectivity index (χ0v) is 23.0. The number of carbonyl (C=O) groups is 1. The van der Waals surface area contributed by atoms with E-state index in [2.05, 4.69) is 27.6 Å². The molecule has 0 unspecified atom stereocenters. The van der Waals surface area contributed by atoms with Crippen molar-refractivity contribution in [3.8, 4) is 16.9 Å². The van der Waals surface area contributed by atoms with E-state index in [0.717, 1.165) is 56.3 Å². The van der Waals surface area contributed by atoms with Crippen LogP contribution in [-0.4, -0.2) is 40.6 Å². The number of pyridine rings is 1. The Morgan fingerprint density at radius 3 is 2.79 bits per heavy atom. The summed E-state index contributed by atoms with van der Waals surface area (Å²) in [5, 5.41) is 10.7. The van der Waals surface area contributed by atoms with E-state index in [0.29, 0.717) is 18.2 Å². The summed E-state index contributed by atoms with van der Waals surface area (Å²) >= 11 is 12.5. The molecule has 0 radical (unpaired) electrons. The van der Waals surface area contributed by atoms with Gasteiger partial charge in [0.15, 0.2) is 11.6 Å². The molecule has 3 heterocycles. The highest BCUT2D eigenvalue weighted by Crippen LogP contribution is 2.38. The summed E-state index contributed by atoms with van der Waals surface area (Å²) in [6.07, 6.45) is 8.77. The molecule has 1 fully saturated rings. The molecule has 11 heteroatoms. The third kappa shape index (κ3) is 6.95. The Morgan fingerprint density at radius 1 is 1.24 bits per heavy atom.